The van der Waals surface area contributed by atoms with E-state index in [1.54, 1.807) is 18.2 Å². The Bertz CT molecular complexity index is 671. The zero-order valence-electron chi connectivity index (χ0n) is 10.8. The molecule has 0 heterocycles. The molecule has 5 nitrogen and oxygen atoms in total. The lowest BCUT2D eigenvalue weighted by Gasteiger charge is -2.10. The lowest BCUT2D eigenvalue weighted by atomic mass is 10.1. The smallest absolute Gasteiger partial charge is 0.271 e. The minimum absolute atomic E-state index is 0.0596. The highest BCUT2D eigenvalue weighted by Gasteiger charge is 2.12. The quantitative estimate of drug-likeness (QED) is 0.431. The second-order valence-corrected chi connectivity index (χ2v) is 5.44. The summed E-state index contributed by atoms with van der Waals surface area (Å²) in [6, 6.07) is 8.83. The maximum Gasteiger partial charge on any atom is 0.271 e. The van der Waals surface area contributed by atoms with Gasteiger partial charge >= 0.3 is 0 Å². The van der Waals surface area contributed by atoms with Crippen molar-refractivity contribution < 1.29 is 14.5 Å². The number of carbonyl (C=O) groups is 1. The van der Waals surface area contributed by atoms with Crippen LogP contribution in [0.3, 0.4) is 0 Å². The van der Waals surface area contributed by atoms with Crippen LogP contribution in [0.5, 0.6) is 11.5 Å². The first kappa shape index (κ1) is 15.5. The van der Waals surface area contributed by atoms with Gasteiger partial charge in [-0.2, -0.15) is 0 Å². The van der Waals surface area contributed by atoms with Gasteiger partial charge in [-0.15, -0.1) is 0 Å². The van der Waals surface area contributed by atoms with Gasteiger partial charge in [0.2, 0.25) is 0 Å². The van der Waals surface area contributed by atoms with E-state index in [2.05, 4.69) is 15.9 Å². The van der Waals surface area contributed by atoms with Crippen LogP contribution in [0.25, 0.3) is 0 Å². The summed E-state index contributed by atoms with van der Waals surface area (Å²) in [6.07, 6.45) is 0. The van der Waals surface area contributed by atoms with Gasteiger partial charge in [0.25, 0.3) is 5.69 Å². The fourth-order valence-corrected chi connectivity index (χ4v) is 2.28. The second kappa shape index (κ2) is 6.24. The monoisotopic (exact) mass is 369 g/mol. The van der Waals surface area contributed by atoms with Crippen LogP contribution in [0, 0.1) is 10.1 Å². The number of rotatable bonds is 4. The van der Waals surface area contributed by atoms with Gasteiger partial charge in [-0.05, 0) is 47.1 Å². The van der Waals surface area contributed by atoms with E-state index in [1.165, 1.54) is 25.1 Å². The first-order valence-electron chi connectivity index (χ1n) is 5.81. The molecule has 0 radical (unpaired) electrons. The van der Waals surface area contributed by atoms with Crippen LogP contribution < -0.4 is 4.74 Å². The lowest BCUT2D eigenvalue weighted by Crippen LogP contribution is -1.94. The van der Waals surface area contributed by atoms with Gasteiger partial charge in [-0.25, -0.2) is 0 Å². The van der Waals surface area contributed by atoms with Crippen molar-refractivity contribution in [2.24, 2.45) is 0 Å². The number of ether oxygens (including phenoxy) is 1. The molecule has 2 aromatic rings. The standard InChI is InChI=1S/C14H9BrClNO4/c1-8(18)9-2-4-13(11(15)6-9)21-14-5-3-10(17(19)20)7-12(14)16/h2-7H,1H3. The van der Waals surface area contributed by atoms with E-state index in [9.17, 15) is 14.9 Å². The molecule has 0 N–H and O–H groups in total. The Labute approximate surface area is 133 Å². The van der Waals surface area contributed by atoms with E-state index in [-0.39, 0.29) is 16.5 Å². The molecule has 0 saturated heterocycles. The molecule has 2 rings (SSSR count). The number of nitro benzene ring substituents is 1. The Balaban J connectivity index is 2.30. The number of nitro groups is 1. The second-order valence-electron chi connectivity index (χ2n) is 4.18. The van der Waals surface area contributed by atoms with Crippen LogP contribution in [0.4, 0.5) is 5.69 Å². The van der Waals surface area contributed by atoms with Gasteiger partial charge in [0, 0.05) is 17.7 Å². The van der Waals surface area contributed by atoms with Gasteiger partial charge in [0.15, 0.2) is 5.78 Å². The minimum atomic E-state index is -0.534. The summed E-state index contributed by atoms with van der Waals surface area (Å²) < 4.78 is 6.18. The molecule has 0 fully saturated rings. The number of benzene rings is 2. The summed E-state index contributed by atoms with van der Waals surface area (Å²) in [5.74, 6) is 0.685. The number of hydrogen-bond donors (Lipinski definition) is 0. The Morgan fingerprint density at radius 3 is 2.43 bits per heavy atom. The van der Waals surface area contributed by atoms with Crippen molar-refractivity contribution >= 4 is 39.0 Å². The summed E-state index contributed by atoms with van der Waals surface area (Å²) in [4.78, 5) is 21.4. The molecule has 0 amide bonds. The van der Waals surface area contributed by atoms with Crippen molar-refractivity contribution in [3.05, 3.63) is 61.6 Å². The molecule has 0 saturated carbocycles. The highest BCUT2D eigenvalue weighted by Crippen LogP contribution is 2.35. The van der Waals surface area contributed by atoms with E-state index < -0.39 is 4.92 Å². The number of Topliss-reactive ketones (excluding diaryl/α,β-unsaturated/α-hetero) is 1. The van der Waals surface area contributed by atoms with Gasteiger partial charge < -0.3 is 4.74 Å². The van der Waals surface area contributed by atoms with E-state index >= 15 is 0 Å². The molecule has 7 heteroatoms. The average Bonchev–Trinajstić information content (AvgIpc) is 2.42. The molecular weight excluding hydrogens is 362 g/mol. The molecule has 0 unspecified atom stereocenters. The highest BCUT2D eigenvalue weighted by molar-refractivity contribution is 9.10. The van der Waals surface area contributed by atoms with E-state index in [0.717, 1.165) is 0 Å². The van der Waals surface area contributed by atoms with Crippen LogP contribution in [-0.2, 0) is 0 Å². The Morgan fingerprint density at radius 2 is 1.90 bits per heavy atom. The zero-order valence-corrected chi connectivity index (χ0v) is 13.1. The molecule has 0 bridgehead atoms. The summed E-state index contributed by atoms with van der Waals surface area (Å²) in [5, 5.41) is 10.8. The highest BCUT2D eigenvalue weighted by atomic mass is 79.9. The number of ketones is 1. The summed E-state index contributed by atoms with van der Waals surface area (Å²) in [7, 11) is 0. The third kappa shape index (κ3) is 3.59. The molecule has 0 aliphatic carbocycles. The number of carbonyl (C=O) groups excluding carboxylic acids is 1. The molecule has 0 spiro atoms. The fraction of sp³-hybridized carbons (Fsp3) is 0.0714. The predicted molar refractivity (Wildman–Crippen MR) is 82.3 cm³/mol. The normalized spacial score (nSPS) is 10.2. The fourth-order valence-electron chi connectivity index (χ4n) is 1.61. The van der Waals surface area contributed by atoms with E-state index in [4.69, 9.17) is 16.3 Å². The lowest BCUT2D eigenvalue weighted by molar-refractivity contribution is -0.384. The summed E-state index contributed by atoms with van der Waals surface area (Å²) >= 11 is 9.27. The van der Waals surface area contributed by atoms with Gasteiger partial charge in [0.05, 0.1) is 14.4 Å². The third-order valence-corrected chi connectivity index (χ3v) is 3.60. The maximum atomic E-state index is 11.3. The molecule has 0 aliphatic rings. The van der Waals surface area contributed by atoms with Crippen molar-refractivity contribution in [2.45, 2.75) is 6.92 Å². The predicted octanol–water partition coefficient (Wildman–Crippen LogP) is 5.01. The first-order chi connectivity index (χ1) is 9.88. The van der Waals surface area contributed by atoms with Gasteiger partial charge in [0.1, 0.15) is 11.5 Å². The third-order valence-electron chi connectivity index (χ3n) is 2.68. The Hall–Kier alpha value is -1.92. The SMILES string of the molecule is CC(=O)c1ccc(Oc2ccc([N+](=O)[O-])cc2Cl)c(Br)c1. The van der Waals surface area contributed by atoms with Crippen molar-refractivity contribution in [3.8, 4) is 11.5 Å². The molecule has 21 heavy (non-hydrogen) atoms. The van der Waals surface area contributed by atoms with Crippen molar-refractivity contribution in [3.63, 3.8) is 0 Å². The zero-order chi connectivity index (χ0) is 15.6. The van der Waals surface area contributed by atoms with Crippen molar-refractivity contribution in [1.82, 2.24) is 0 Å². The van der Waals surface area contributed by atoms with E-state index in [0.29, 0.717) is 21.5 Å². The molecule has 2 aromatic carbocycles. The number of non-ortho nitro benzene ring substituents is 1. The number of nitrogens with zero attached hydrogens (tertiary/aromatic N) is 1. The molecule has 108 valence electrons. The minimum Gasteiger partial charge on any atom is -0.455 e. The molecule has 0 aromatic heterocycles. The van der Waals surface area contributed by atoms with Crippen LogP contribution >= 0.6 is 27.5 Å². The molecule has 0 atom stereocenters. The van der Waals surface area contributed by atoms with Crippen molar-refractivity contribution in [1.29, 1.82) is 0 Å². The van der Waals surface area contributed by atoms with Gasteiger partial charge in [-0.3, -0.25) is 14.9 Å². The number of halogens is 2. The average molecular weight is 371 g/mol. The van der Waals surface area contributed by atoms with Crippen LogP contribution in [0.15, 0.2) is 40.9 Å². The Morgan fingerprint density at radius 1 is 1.24 bits per heavy atom. The molecular formula is C14H9BrClNO4. The summed E-state index contributed by atoms with van der Waals surface area (Å²) in [6.45, 7) is 1.47. The first-order valence-corrected chi connectivity index (χ1v) is 6.98. The van der Waals surface area contributed by atoms with Crippen LogP contribution in [-0.4, -0.2) is 10.7 Å². The topological polar surface area (TPSA) is 69.4 Å². The van der Waals surface area contributed by atoms with Gasteiger partial charge in [-0.1, -0.05) is 11.6 Å². The van der Waals surface area contributed by atoms with Crippen LogP contribution in [0.1, 0.15) is 17.3 Å². The molecule has 0 aliphatic heterocycles. The largest absolute Gasteiger partial charge is 0.455 e. The summed E-state index contributed by atoms with van der Waals surface area (Å²) in [5.41, 5.74) is 0.433. The van der Waals surface area contributed by atoms with E-state index in [1.807, 2.05) is 0 Å². The van der Waals surface area contributed by atoms with Crippen LogP contribution in [0.2, 0.25) is 5.02 Å². The van der Waals surface area contributed by atoms with Crippen molar-refractivity contribution in [2.75, 3.05) is 0 Å². The number of hydrogen-bond acceptors (Lipinski definition) is 4. The maximum absolute atomic E-state index is 11.3. The Kier molecular flexibility index (Phi) is 4.59.